The first kappa shape index (κ1) is 33.7. The summed E-state index contributed by atoms with van der Waals surface area (Å²) < 4.78 is 141. The number of nitrogens with zero attached hydrogens (tertiary/aromatic N) is 3. The number of halogens is 6. The second kappa shape index (κ2) is 12.5. The SMILES string of the molecule is O=[N+]([O-])c1cc(S(=O)(=O)C(F)(F)F)ccc1OCC(CN1CCOCC1)Oc1ccc(S(=O)(=O)C(F)(F)F)cc1[N+](=O)[O-]. The van der Waals surface area contributed by atoms with Crippen molar-refractivity contribution in [1.82, 2.24) is 4.90 Å². The van der Waals surface area contributed by atoms with Crippen molar-refractivity contribution in [2.75, 3.05) is 39.5 Å². The molecule has 0 aliphatic carbocycles. The van der Waals surface area contributed by atoms with E-state index in [1.165, 1.54) is 0 Å². The molecule has 0 saturated carbocycles. The Bertz CT molecular complexity index is 1590. The lowest BCUT2D eigenvalue weighted by Gasteiger charge is -2.30. The lowest BCUT2D eigenvalue weighted by atomic mass is 10.2. The van der Waals surface area contributed by atoms with Gasteiger partial charge in [0.1, 0.15) is 12.7 Å². The molecule has 0 bridgehead atoms. The molecule has 1 heterocycles. The van der Waals surface area contributed by atoms with E-state index in [4.69, 9.17) is 14.2 Å². The van der Waals surface area contributed by atoms with Gasteiger partial charge >= 0.3 is 22.4 Å². The Hall–Kier alpha value is -3.76. The number of ether oxygens (including phenoxy) is 3. The van der Waals surface area contributed by atoms with Crippen LogP contribution in [-0.4, -0.2) is 88.2 Å². The van der Waals surface area contributed by atoms with E-state index >= 15 is 0 Å². The molecule has 0 N–H and O–H groups in total. The zero-order valence-electron chi connectivity index (χ0n) is 21.2. The Morgan fingerprint density at radius 1 is 0.814 bits per heavy atom. The summed E-state index contributed by atoms with van der Waals surface area (Å²) >= 11 is 0. The third kappa shape index (κ3) is 7.61. The van der Waals surface area contributed by atoms with Gasteiger partial charge in [-0.1, -0.05) is 0 Å². The Balaban J connectivity index is 1.96. The number of nitro groups is 2. The molecule has 238 valence electrons. The first-order valence-corrected chi connectivity index (χ1v) is 14.5. The largest absolute Gasteiger partial charge is 0.501 e. The zero-order chi connectivity index (χ0) is 32.4. The van der Waals surface area contributed by atoms with Gasteiger partial charge in [0.25, 0.3) is 19.7 Å². The third-order valence-electron chi connectivity index (χ3n) is 5.77. The minimum atomic E-state index is -5.97. The van der Waals surface area contributed by atoms with Crippen LogP contribution in [0, 0.1) is 20.2 Å². The van der Waals surface area contributed by atoms with Crippen LogP contribution in [-0.2, 0) is 24.4 Å². The first-order chi connectivity index (χ1) is 19.8. The van der Waals surface area contributed by atoms with Crippen molar-refractivity contribution in [3.8, 4) is 11.5 Å². The van der Waals surface area contributed by atoms with Crippen molar-refractivity contribution < 1.29 is 67.2 Å². The minimum Gasteiger partial charge on any atom is -0.483 e. The maximum absolute atomic E-state index is 13.0. The van der Waals surface area contributed by atoms with Crippen LogP contribution in [0.4, 0.5) is 37.7 Å². The lowest BCUT2D eigenvalue weighted by molar-refractivity contribution is -0.386. The molecule has 1 aliphatic heterocycles. The van der Waals surface area contributed by atoms with Crippen LogP contribution in [0.5, 0.6) is 11.5 Å². The van der Waals surface area contributed by atoms with Crippen LogP contribution in [0.2, 0.25) is 0 Å². The molecule has 1 saturated heterocycles. The van der Waals surface area contributed by atoms with Crippen molar-refractivity contribution in [2.45, 2.75) is 26.9 Å². The molecule has 0 spiro atoms. The smallest absolute Gasteiger partial charge is 0.483 e. The molecule has 14 nitrogen and oxygen atoms in total. The van der Waals surface area contributed by atoms with Crippen molar-refractivity contribution in [1.29, 1.82) is 0 Å². The van der Waals surface area contributed by atoms with Crippen LogP contribution in [0.15, 0.2) is 46.2 Å². The van der Waals surface area contributed by atoms with Gasteiger partial charge in [0.15, 0.2) is 11.5 Å². The van der Waals surface area contributed by atoms with Crippen molar-refractivity contribution in [3.05, 3.63) is 56.6 Å². The van der Waals surface area contributed by atoms with Crippen molar-refractivity contribution in [2.24, 2.45) is 0 Å². The first-order valence-electron chi connectivity index (χ1n) is 11.5. The molecule has 2 aromatic rings. The summed E-state index contributed by atoms with van der Waals surface area (Å²) in [5.41, 5.74) is -13.9. The zero-order valence-corrected chi connectivity index (χ0v) is 22.8. The van der Waals surface area contributed by atoms with E-state index in [2.05, 4.69) is 0 Å². The predicted molar refractivity (Wildman–Crippen MR) is 130 cm³/mol. The number of sulfone groups is 2. The minimum absolute atomic E-state index is 0.126. The molecular formula is C21H19F6N3O11S2. The molecule has 1 unspecified atom stereocenters. The number of hydrogen-bond acceptors (Lipinski definition) is 12. The number of hydrogen-bond donors (Lipinski definition) is 0. The predicted octanol–water partition coefficient (Wildman–Crippen LogP) is 3.25. The topological polar surface area (TPSA) is 185 Å². The number of nitro benzene ring substituents is 2. The van der Waals surface area contributed by atoms with Gasteiger partial charge in [-0.3, -0.25) is 25.1 Å². The molecule has 22 heteroatoms. The second-order valence-electron chi connectivity index (χ2n) is 8.64. The van der Waals surface area contributed by atoms with E-state index in [0.717, 1.165) is 0 Å². The summed E-state index contributed by atoms with van der Waals surface area (Å²) in [6, 6.07) is 2.27. The van der Waals surface area contributed by atoms with Gasteiger partial charge in [0.2, 0.25) is 0 Å². The quantitative estimate of drug-likeness (QED) is 0.194. The highest BCUT2D eigenvalue weighted by Crippen LogP contribution is 2.38. The molecule has 0 radical (unpaired) electrons. The normalized spacial score (nSPS) is 16.0. The average Bonchev–Trinajstić information content (AvgIpc) is 2.90. The maximum atomic E-state index is 13.0. The van der Waals surface area contributed by atoms with Gasteiger partial charge < -0.3 is 14.2 Å². The van der Waals surface area contributed by atoms with Crippen molar-refractivity contribution >= 4 is 31.0 Å². The van der Waals surface area contributed by atoms with E-state index in [9.17, 15) is 63.4 Å². The Morgan fingerprint density at radius 2 is 1.26 bits per heavy atom. The van der Waals surface area contributed by atoms with E-state index < -0.39 is 85.9 Å². The number of alkyl halides is 6. The number of benzene rings is 2. The number of rotatable bonds is 11. The van der Waals surface area contributed by atoms with Crippen LogP contribution in [0.3, 0.4) is 0 Å². The van der Waals surface area contributed by atoms with Crippen LogP contribution in [0.1, 0.15) is 0 Å². The molecule has 1 fully saturated rings. The Labute approximate surface area is 237 Å². The van der Waals surface area contributed by atoms with Gasteiger partial charge in [-0.25, -0.2) is 16.8 Å². The fraction of sp³-hybridized carbons (Fsp3) is 0.429. The van der Waals surface area contributed by atoms with Gasteiger partial charge in [0.05, 0.1) is 32.9 Å². The fourth-order valence-corrected chi connectivity index (χ4v) is 5.22. The maximum Gasteiger partial charge on any atom is 0.501 e. The van der Waals surface area contributed by atoms with Crippen LogP contribution >= 0.6 is 0 Å². The number of morpholine rings is 1. The summed E-state index contributed by atoms with van der Waals surface area (Å²) in [4.78, 5) is 19.5. The van der Waals surface area contributed by atoms with Gasteiger partial charge in [-0.15, -0.1) is 0 Å². The summed E-state index contributed by atoms with van der Waals surface area (Å²) in [7, 11) is -11.9. The van der Waals surface area contributed by atoms with Gasteiger partial charge in [-0.2, -0.15) is 26.3 Å². The van der Waals surface area contributed by atoms with E-state index in [1.54, 1.807) is 4.90 Å². The summed E-state index contributed by atoms with van der Waals surface area (Å²) in [6.07, 6.45) is -1.31. The Morgan fingerprint density at radius 3 is 1.70 bits per heavy atom. The average molecular weight is 668 g/mol. The van der Waals surface area contributed by atoms with Crippen LogP contribution in [0.25, 0.3) is 0 Å². The standard InChI is InChI=1S/C21H19F6N3O11S2/c22-20(23,24)42(35,36)14-1-3-18(16(9-14)29(31)32)40-12-13(11-28-5-7-39-8-6-28)41-19-4-2-15(10-17(19)30(33)34)43(37,38)21(25,26)27/h1-4,9-10,13H,5-8,11-12H2. The summed E-state index contributed by atoms with van der Waals surface area (Å²) in [5, 5.41) is 23.1. The molecule has 0 aromatic heterocycles. The lowest BCUT2D eigenvalue weighted by Crippen LogP contribution is -2.44. The van der Waals surface area contributed by atoms with E-state index in [0.29, 0.717) is 37.4 Å². The molecule has 1 aliphatic rings. The molecular weight excluding hydrogens is 648 g/mol. The van der Waals surface area contributed by atoms with Crippen LogP contribution < -0.4 is 9.47 Å². The van der Waals surface area contributed by atoms with Gasteiger partial charge in [0, 0.05) is 31.8 Å². The van der Waals surface area contributed by atoms with E-state index in [1.807, 2.05) is 0 Å². The summed E-state index contributed by atoms with van der Waals surface area (Å²) in [6.45, 7) is 0.265. The highest BCUT2D eigenvalue weighted by Gasteiger charge is 2.48. The summed E-state index contributed by atoms with van der Waals surface area (Å²) in [5.74, 6) is -1.41. The molecule has 3 rings (SSSR count). The molecule has 2 aromatic carbocycles. The molecule has 43 heavy (non-hydrogen) atoms. The molecule has 0 amide bonds. The van der Waals surface area contributed by atoms with Crippen molar-refractivity contribution in [3.63, 3.8) is 0 Å². The highest BCUT2D eigenvalue weighted by atomic mass is 32.2. The Kier molecular flexibility index (Phi) is 9.78. The second-order valence-corrected chi connectivity index (χ2v) is 12.5. The van der Waals surface area contributed by atoms with E-state index in [-0.39, 0.29) is 31.9 Å². The highest BCUT2D eigenvalue weighted by molar-refractivity contribution is 7.92. The fourth-order valence-electron chi connectivity index (χ4n) is 3.66. The monoisotopic (exact) mass is 667 g/mol. The third-order valence-corrected chi connectivity index (χ3v) is 8.74. The van der Waals surface area contributed by atoms with Gasteiger partial charge in [-0.05, 0) is 24.3 Å². The molecule has 1 atom stereocenters.